The van der Waals surface area contributed by atoms with E-state index in [4.69, 9.17) is 4.74 Å². The lowest BCUT2D eigenvalue weighted by molar-refractivity contribution is -0.123. The molecule has 2 aromatic carbocycles. The Morgan fingerprint density at radius 1 is 1.12 bits per heavy atom. The highest BCUT2D eigenvalue weighted by Gasteiger charge is 2.12. The molecule has 0 saturated heterocycles. The van der Waals surface area contributed by atoms with E-state index in [0.717, 1.165) is 10.0 Å². The van der Waals surface area contributed by atoms with Gasteiger partial charge in [-0.05, 0) is 42.8 Å². The first-order chi connectivity index (χ1) is 11.5. The van der Waals surface area contributed by atoms with E-state index in [2.05, 4.69) is 21.2 Å². The first-order valence-corrected chi connectivity index (χ1v) is 8.60. The summed E-state index contributed by atoms with van der Waals surface area (Å²) in [6, 6.07) is 14.5. The first-order valence-electron chi connectivity index (χ1n) is 7.81. The second-order valence-corrected chi connectivity index (χ2v) is 6.25. The molecule has 0 fully saturated rings. The summed E-state index contributed by atoms with van der Waals surface area (Å²) < 4.78 is 6.42. The fourth-order valence-corrected chi connectivity index (χ4v) is 2.91. The highest BCUT2D eigenvalue weighted by Crippen LogP contribution is 2.22. The van der Waals surface area contributed by atoms with Gasteiger partial charge in [0, 0.05) is 16.5 Å². The van der Waals surface area contributed by atoms with Crippen LogP contribution in [0.5, 0.6) is 5.75 Å². The molecule has 0 aromatic heterocycles. The van der Waals surface area contributed by atoms with E-state index in [9.17, 15) is 9.59 Å². The van der Waals surface area contributed by atoms with E-state index in [1.807, 2.05) is 38.1 Å². The minimum absolute atomic E-state index is 0.0735. The van der Waals surface area contributed by atoms with E-state index in [-0.39, 0.29) is 24.3 Å². The lowest BCUT2D eigenvalue weighted by Gasteiger charge is -2.16. The molecule has 2 rings (SSSR count). The van der Waals surface area contributed by atoms with Gasteiger partial charge in [-0.3, -0.25) is 9.59 Å². The number of carbonyl (C=O) groups excluding carboxylic acids is 2. The molecule has 4 nitrogen and oxygen atoms in total. The number of halogens is 1. The molecule has 1 unspecified atom stereocenters. The van der Waals surface area contributed by atoms with Crippen LogP contribution in [-0.4, -0.2) is 18.3 Å². The molecule has 5 heteroatoms. The molecule has 0 aliphatic rings. The molecular formula is C19H20BrNO3. The molecule has 126 valence electrons. The van der Waals surface area contributed by atoms with Gasteiger partial charge in [0.1, 0.15) is 5.75 Å². The SMILES string of the molecule is CCC(=O)c1ccc(OCC(=O)NC(C)c2ccccc2Br)cc1. The highest BCUT2D eigenvalue weighted by molar-refractivity contribution is 9.10. The van der Waals surface area contributed by atoms with Gasteiger partial charge in [-0.2, -0.15) is 0 Å². The Morgan fingerprint density at radius 3 is 2.42 bits per heavy atom. The van der Waals surface area contributed by atoms with Crippen molar-refractivity contribution in [2.45, 2.75) is 26.3 Å². The summed E-state index contributed by atoms with van der Waals surface area (Å²) in [4.78, 5) is 23.6. The van der Waals surface area contributed by atoms with Crippen molar-refractivity contribution in [2.24, 2.45) is 0 Å². The van der Waals surface area contributed by atoms with Crippen molar-refractivity contribution in [1.82, 2.24) is 5.32 Å². The number of ether oxygens (including phenoxy) is 1. The van der Waals surface area contributed by atoms with Crippen LogP contribution in [0.2, 0.25) is 0 Å². The Bertz CT molecular complexity index is 713. The number of hydrogen-bond acceptors (Lipinski definition) is 3. The van der Waals surface area contributed by atoms with Crippen LogP contribution < -0.4 is 10.1 Å². The summed E-state index contributed by atoms with van der Waals surface area (Å²) in [5.41, 5.74) is 1.66. The summed E-state index contributed by atoms with van der Waals surface area (Å²) in [6.07, 6.45) is 0.468. The van der Waals surface area contributed by atoms with E-state index in [1.165, 1.54) is 0 Å². The Hall–Kier alpha value is -2.14. The molecule has 1 atom stereocenters. The third kappa shape index (κ3) is 4.93. The molecule has 0 saturated carbocycles. The predicted octanol–water partition coefficient (Wildman–Crippen LogP) is 4.30. The number of carbonyl (C=O) groups is 2. The van der Waals surface area contributed by atoms with Crippen LogP contribution in [0.25, 0.3) is 0 Å². The topological polar surface area (TPSA) is 55.4 Å². The summed E-state index contributed by atoms with van der Waals surface area (Å²) in [7, 11) is 0. The number of benzene rings is 2. The molecule has 0 heterocycles. The van der Waals surface area contributed by atoms with Crippen molar-refractivity contribution in [3.05, 3.63) is 64.1 Å². The normalized spacial score (nSPS) is 11.6. The zero-order valence-electron chi connectivity index (χ0n) is 13.7. The second kappa shape index (κ2) is 8.64. The lowest BCUT2D eigenvalue weighted by Crippen LogP contribution is -2.31. The number of nitrogens with one attached hydrogen (secondary N) is 1. The quantitative estimate of drug-likeness (QED) is 0.718. The summed E-state index contributed by atoms with van der Waals surface area (Å²) in [6.45, 7) is 3.67. The van der Waals surface area contributed by atoms with E-state index >= 15 is 0 Å². The largest absolute Gasteiger partial charge is 0.484 e. The third-order valence-electron chi connectivity index (χ3n) is 3.62. The van der Waals surface area contributed by atoms with Crippen molar-refractivity contribution >= 4 is 27.6 Å². The Balaban J connectivity index is 1.87. The average molecular weight is 390 g/mol. The van der Waals surface area contributed by atoms with Crippen molar-refractivity contribution in [3.8, 4) is 5.75 Å². The molecule has 0 aliphatic carbocycles. The molecule has 1 N–H and O–H groups in total. The zero-order chi connectivity index (χ0) is 17.5. The van der Waals surface area contributed by atoms with Gasteiger partial charge < -0.3 is 10.1 Å². The van der Waals surface area contributed by atoms with Gasteiger partial charge in [0.2, 0.25) is 0 Å². The van der Waals surface area contributed by atoms with Gasteiger partial charge in [0.15, 0.2) is 12.4 Å². The van der Waals surface area contributed by atoms with Crippen LogP contribution in [0, 0.1) is 0 Å². The fourth-order valence-electron chi connectivity index (χ4n) is 2.28. The standard InChI is InChI=1S/C19H20BrNO3/c1-3-18(22)14-8-10-15(11-9-14)24-12-19(23)21-13(2)16-6-4-5-7-17(16)20/h4-11,13H,3,12H2,1-2H3,(H,21,23). The minimum Gasteiger partial charge on any atom is -0.484 e. The molecule has 24 heavy (non-hydrogen) atoms. The maximum Gasteiger partial charge on any atom is 0.258 e. The third-order valence-corrected chi connectivity index (χ3v) is 4.34. The fraction of sp³-hybridized carbons (Fsp3) is 0.263. The molecule has 0 radical (unpaired) electrons. The van der Waals surface area contributed by atoms with Crippen LogP contribution in [0.1, 0.15) is 42.2 Å². The van der Waals surface area contributed by atoms with Crippen molar-refractivity contribution in [3.63, 3.8) is 0 Å². The molecule has 0 bridgehead atoms. The number of rotatable bonds is 7. The maximum absolute atomic E-state index is 12.0. The first kappa shape index (κ1) is 18.2. The van der Waals surface area contributed by atoms with E-state index in [0.29, 0.717) is 17.7 Å². The Kier molecular flexibility index (Phi) is 6.55. The minimum atomic E-state index is -0.202. The van der Waals surface area contributed by atoms with Crippen LogP contribution in [0.3, 0.4) is 0 Å². The molecule has 1 amide bonds. The number of Topliss-reactive ketones (excluding diaryl/α,β-unsaturated/α-hetero) is 1. The van der Waals surface area contributed by atoms with Crippen LogP contribution in [0.4, 0.5) is 0 Å². The zero-order valence-corrected chi connectivity index (χ0v) is 15.3. The highest BCUT2D eigenvalue weighted by atomic mass is 79.9. The van der Waals surface area contributed by atoms with Crippen LogP contribution in [0.15, 0.2) is 53.0 Å². The molecule has 0 spiro atoms. The number of ketones is 1. The van der Waals surface area contributed by atoms with Gasteiger partial charge in [-0.15, -0.1) is 0 Å². The lowest BCUT2D eigenvalue weighted by atomic mass is 10.1. The average Bonchev–Trinajstić information content (AvgIpc) is 2.60. The van der Waals surface area contributed by atoms with Crippen molar-refractivity contribution in [1.29, 1.82) is 0 Å². The summed E-state index contributed by atoms with van der Waals surface area (Å²) in [5, 5.41) is 2.90. The number of hydrogen-bond donors (Lipinski definition) is 1. The molecule has 2 aromatic rings. The summed E-state index contributed by atoms with van der Waals surface area (Å²) >= 11 is 3.48. The van der Waals surface area contributed by atoms with E-state index in [1.54, 1.807) is 24.3 Å². The van der Waals surface area contributed by atoms with Gasteiger partial charge in [-0.25, -0.2) is 0 Å². The molecule has 0 aliphatic heterocycles. The van der Waals surface area contributed by atoms with Gasteiger partial charge in [0.25, 0.3) is 5.91 Å². The van der Waals surface area contributed by atoms with Crippen molar-refractivity contribution < 1.29 is 14.3 Å². The van der Waals surface area contributed by atoms with Crippen LogP contribution >= 0.6 is 15.9 Å². The predicted molar refractivity (Wildman–Crippen MR) is 97.3 cm³/mol. The molecular weight excluding hydrogens is 370 g/mol. The van der Waals surface area contributed by atoms with Gasteiger partial charge >= 0.3 is 0 Å². The second-order valence-electron chi connectivity index (χ2n) is 5.40. The number of amides is 1. The van der Waals surface area contributed by atoms with Gasteiger partial charge in [0.05, 0.1) is 6.04 Å². The van der Waals surface area contributed by atoms with Crippen LogP contribution in [-0.2, 0) is 4.79 Å². The monoisotopic (exact) mass is 389 g/mol. The smallest absolute Gasteiger partial charge is 0.258 e. The maximum atomic E-state index is 12.0. The van der Waals surface area contributed by atoms with E-state index < -0.39 is 0 Å². The Labute approximate surface area is 150 Å². The van der Waals surface area contributed by atoms with Gasteiger partial charge in [-0.1, -0.05) is 41.1 Å². The van der Waals surface area contributed by atoms with Crippen molar-refractivity contribution in [2.75, 3.05) is 6.61 Å². The Morgan fingerprint density at radius 2 is 1.79 bits per heavy atom. The summed E-state index contributed by atoms with van der Waals surface area (Å²) in [5.74, 6) is 0.444.